The molecule has 2 aromatic carbocycles. The lowest BCUT2D eigenvalue weighted by Crippen LogP contribution is -2.16. The number of hydrogen-bond donors (Lipinski definition) is 2. The summed E-state index contributed by atoms with van der Waals surface area (Å²) in [4.78, 5) is 28.1. The average Bonchev–Trinajstić information content (AvgIpc) is 3.28. The quantitative estimate of drug-likeness (QED) is 0.318. The van der Waals surface area contributed by atoms with Crippen molar-refractivity contribution in [3.05, 3.63) is 89.3 Å². The fraction of sp³-hybridized carbons (Fsp3) is 0.250. The first-order valence-electron chi connectivity index (χ1n) is 11.8. The second kappa shape index (κ2) is 9.92. The van der Waals surface area contributed by atoms with E-state index in [1.54, 1.807) is 30.5 Å². The molecule has 5 rings (SSSR count). The van der Waals surface area contributed by atoms with Crippen molar-refractivity contribution in [2.24, 2.45) is 5.92 Å². The van der Waals surface area contributed by atoms with Gasteiger partial charge in [0.05, 0.1) is 0 Å². The Kier molecular flexibility index (Phi) is 6.55. The Bertz CT molecular complexity index is 1370. The van der Waals surface area contributed by atoms with E-state index < -0.39 is 5.97 Å². The van der Waals surface area contributed by atoms with E-state index in [-0.39, 0.29) is 12.3 Å². The van der Waals surface area contributed by atoms with Crippen LogP contribution in [0.15, 0.2) is 73.1 Å². The molecule has 0 atom stereocenters. The van der Waals surface area contributed by atoms with Crippen LogP contribution in [0.1, 0.15) is 54.1 Å². The fourth-order valence-corrected chi connectivity index (χ4v) is 5.12. The average molecular weight is 488 g/mol. The molecule has 1 fully saturated rings. The zero-order chi connectivity index (χ0) is 24.4. The number of nitrogens with one attached hydrogen (secondary N) is 1. The maximum absolute atomic E-state index is 12.7. The lowest BCUT2D eigenvalue weighted by molar-refractivity contribution is -0.138. The number of benzene rings is 2. The molecule has 0 spiro atoms. The van der Waals surface area contributed by atoms with Crippen molar-refractivity contribution < 1.29 is 14.7 Å². The highest BCUT2D eigenvalue weighted by Crippen LogP contribution is 2.37. The number of aromatic nitrogens is 2. The first-order chi connectivity index (χ1) is 16.9. The summed E-state index contributed by atoms with van der Waals surface area (Å²) in [5, 5.41) is 12.4. The standard InChI is InChI=1S/C28H26ClN3O3/c29-23-2-1-3-24(15-23)30-28(35)25-17-32-16-22(12-13-26(32)31-25)21-10-8-20(9-11-21)19-6-4-18(5-7-19)14-27(33)34/h1-3,8-13,15-19H,4-7,14H2,(H,30,35)(H,33,34)/t18-,19-. The lowest BCUT2D eigenvalue weighted by atomic mass is 9.77. The van der Waals surface area contributed by atoms with Crippen LogP contribution in [0.3, 0.4) is 0 Å². The van der Waals surface area contributed by atoms with Crippen molar-refractivity contribution in [2.75, 3.05) is 5.32 Å². The number of carbonyl (C=O) groups is 2. The minimum absolute atomic E-state index is 0.284. The Morgan fingerprint density at radius 3 is 2.43 bits per heavy atom. The summed E-state index contributed by atoms with van der Waals surface area (Å²) < 4.78 is 1.86. The van der Waals surface area contributed by atoms with Crippen LogP contribution in [-0.2, 0) is 4.79 Å². The van der Waals surface area contributed by atoms with Gasteiger partial charge in [0, 0.05) is 29.5 Å². The molecule has 4 aromatic rings. The second-order valence-electron chi connectivity index (χ2n) is 9.21. The molecule has 178 valence electrons. The number of amides is 1. The van der Waals surface area contributed by atoms with Gasteiger partial charge in [-0.1, -0.05) is 41.9 Å². The van der Waals surface area contributed by atoms with Crippen LogP contribution in [0.2, 0.25) is 5.02 Å². The molecule has 1 saturated carbocycles. The molecule has 7 heteroatoms. The second-order valence-corrected chi connectivity index (χ2v) is 9.65. The topological polar surface area (TPSA) is 83.7 Å². The molecule has 0 radical (unpaired) electrons. The van der Waals surface area contributed by atoms with Gasteiger partial charge in [-0.3, -0.25) is 9.59 Å². The van der Waals surface area contributed by atoms with Gasteiger partial charge >= 0.3 is 5.97 Å². The number of carbonyl (C=O) groups excluding carboxylic acids is 1. The van der Waals surface area contributed by atoms with Crippen LogP contribution < -0.4 is 5.32 Å². The highest BCUT2D eigenvalue weighted by atomic mass is 35.5. The number of aliphatic carboxylic acids is 1. The number of rotatable bonds is 6. The monoisotopic (exact) mass is 487 g/mol. The van der Waals surface area contributed by atoms with Gasteiger partial charge in [0.15, 0.2) is 0 Å². The molecule has 0 saturated heterocycles. The molecular weight excluding hydrogens is 462 g/mol. The first kappa shape index (κ1) is 23.1. The SMILES string of the molecule is O=C(O)C[C@H]1CC[C@H](c2ccc(-c3ccc4nc(C(=O)Nc5cccc(Cl)c5)cn4c3)cc2)CC1. The normalized spacial score (nSPS) is 17.9. The molecule has 2 heterocycles. The number of nitrogens with zero attached hydrogens (tertiary/aromatic N) is 2. The van der Waals surface area contributed by atoms with Gasteiger partial charge in [0.2, 0.25) is 0 Å². The number of hydrogen-bond acceptors (Lipinski definition) is 3. The van der Waals surface area contributed by atoms with E-state index in [9.17, 15) is 9.59 Å². The summed E-state index contributed by atoms with van der Waals surface area (Å²) in [5.74, 6) is -0.186. The van der Waals surface area contributed by atoms with Crippen molar-refractivity contribution in [2.45, 2.75) is 38.0 Å². The number of anilines is 1. The zero-order valence-corrected chi connectivity index (χ0v) is 19.9. The van der Waals surface area contributed by atoms with Crippen molar-refractivity contribution in [3.8, 4) is 11.1 Å². The Hall–Kier alpha value is -3.64. The lowest BCUT2D eigenvalue weighted by Gasteiger charge is -2.28. The van der Waals surface area contributed by atoms with Gasteiger partial charge in [-0.05, 0) is 84.5 Å². The van der Waals surface area contributed by atoms with E-state index in [1.165, 1.54) is 5.56 Å². The van der Waals surface area contributed by atoms with Crippen molar-refractivity contribution in [1.82, 2.24) is 9.38 Å². The van der Waals surface area contributed by atoms with E-state index in [1.807, 2.05) is 22.7 Å². The number of pyridine rings is 1. The maximum Gasteiger partial charge on any atom is 0.303 e. The summed E-state index contributed by atoms with van der Waals surface area (Å²) in [6.07, 6.45) is 8.02. The minimum atomic E-state index is -0.693. The van der Waals surface area contributed by atoms with Crippen molar-refractivity contribution in [1.29, 1.82) is 0 Å². The summed E-state index contributed by atoms with van der Waals surface area (Å²) in [5.41, 5.74) is 5.08. The van der Waals surface area contributed by atoms with Crippen molar-refractivity contribution >= 4 is 34.8 Å². The first-order valence-corrected chi connectivity index (χ1v) is 12.2. The van der Waals surface area contributed by atoms with Crippen LogP contribution in [0.4, 0.5) is 5.69 Å². The third-order valence-corrected chi connectivity index (χ3v) is 7.03. The van der Waals surface area contributed by atoms with Crippen LogP contribution in [0, 0.1) is 5.92 Å². The summed E-state index contributed by atoms with van der Waals surface area (Å²) in [7, 11) is 0. The third-order valence-electron chi connectivity index (χ3n) is 6.79. The predicted molar refractivity (Wildman–Crippen MR) is 137 cm³/mol. The van der Waals surface area contributed by atoms with Gasteiger partial charge in [-0.2, -0.15) is 0 Å². The van der Waals surface area contributed by atoms with Crippen LogP contribution >= 0.6 is 11.6 Å². The Balaban J connectivity index is 1.28. The summed E-state index contributed by atoms with van der Waals surface area (Å²) >= 11 is 6.00. The number of carboxylic acid groups (broad SMARTS) is 1. The molecule has 0 aliphatic heterocycles. The molecule has 0 unspecified atom stereocenters. The molecule has 6 nitrogen and oxygen atoms in total. The van der Waals surface area contributed by atoms with Gasteiger partial charge in [0.25, 0.3) is 5.91 Å². The van der Waals surface area contributed by atoms with E-state index in [2.05, 4.69) is 34.6 Å². The molecule has 0 bridgehead atoms. The molecule has 35 heavy (non-hydrogen) atoms. The Morgan fingerprint density at radius 2 is 1.71 bits per heavy atom. The zero-order valence-electron chi connectivity index (χ0n) is 19.2. The fourth-order valence-electron chi connectivity index (χ4n) is 4.93. The summed E-state index contributed by atoms with van der Waals surface area (Å²) in [6, 6.07) is 19.5. The summed E-state index contributed by atoms with van der Waals surface area (Å²) in [6.45, 7) is 0. The molecule has 1 aliphatic rings. The van der Waals surface area contributed by atoms with Crippen LogP contribution in [-0.4, -0.2) is 26.4 Å². The highest BCUT2D eigenvalue weighted by Gasteiger charge is 2.24. The van der Waals surface area contributed by atoms with E-state index >= 15 is 0 Å². The van der Waals surface area contributed by atoms with Gasteiger partial charge in [0.1, 0.15) is 11.3 Å². The van der Waals surface area contributed by atoms with E-state index in [4.69, 9.17) is 16.7 Å². The van der Waals surface area contributed by atoms with Crippen LogP contribution in [0.25, 0.3) is 16.8 Å². The Morgan fingerprint density at radius 1 is 0.971 bits per heavy atom. The van der Waals surface area contributed by atoms with Gasteiger partial charge in [-0.25, -0.2) is 4.98 Å². The van der Waals surface area contributed by atoms with Crippen molar-refractivity contribution in [3.63, 3.8) is 0 Å². The Labute approximate surface area is 208 Å². The van der Waals surface area contributed by atoms with Gasteiger partial charge < -0.3 is 14.8 Å². The molecule has 1 aliphatic carbocycles. The molecule has 1 amide bonds. The molecule has 2 aromatic heterocycles. The van der Waals surface area contributed by atoms with Gasteiger partial charge in [-0.15, -0.1) is 0 Å². The van der Waals surface area contributed by atoms with E-state index in [0.29, 0.717) is 33.9 Å². The van der Waals surface area contributed by atoms with E-state index in [0.717, 1.165) is 36.8 Å². The maximum atomic E-state index is 12.7. The number of imidazole rings is 1. The minimum Gasteiger partial charge on any atom is -0.481 e. The number of fused-ring (bicyclic) bond motifs is 1. The third kappa shape index (κ3) is 5.38. The molecular formula is C28H26ClN3O3. The largest absolute Gasteiger partial charge is 0.481 e. The van der Waals surface area contributed by atoms with Crippen LogP contribution in [0.5, 0.6) is 0 Å². The predicted octanol–water partition coefficient (Wildman–Crippen LogP) is 6.66. The smallest absolute Gasteiger partial charge is 0.303 e. The number of carboxylic acids is 1. The molecule has 2 N–H and O–H groups in total. The number of halogens is 1. The highest BCUT2D eigenvalue weighted by molar-refractivity contribution is 6.30.